The first kappa shape index (κ1) is 20.7. The second-order valence-corrected chi connectivity index (χ2v) is 11.9. The highest BCUT2D eigenvalue weighted by Crippen LogP contribution is 2.43. The van der Waals surface area contributed by atoms with Crippen LogP contribution in [0.25, 0.3) is 11.1 Å². The molecule has 2 aliphatic carbocycles. The zero-order valence-electron chi connectivity index (χ0n) is 18.3. The molecule has 1 unspecified atom stereocenters. The van der Waals surface area contributed by atoms with E-state index >= 15 is 0 Å². The van der Waals surface area contributed by atoms with E-state index in [0.29, 0.717) is 12.1 Å². The molecular formula is C27H37NSi. The minimum atomic E-state index is -0.411. The van der Waals surface area contributed by atoms with E-state index in [1.165, 1.54) is 86.5 Å². The molecule has 2 heteroatoms. The van der Waals surface area contributed by atoms with Crippen LogP contribution in [0.1, 0.15) is 81.4 Å². The molecule has 0 radical (unpaired) electrons. The highest BCUT2D eigenvalue weighted by molar-refractivity contribution is 6.69. The van der Waals surface area contributed by atoms with Crippen LogP contribution >= 0.6 is 0 Å². The van der Waals surface area contributed by atoms with Crippen molar-refractivity contribution < 1.29 is 0 Å². The van der Waals surface area contributed by atoms with Gasteiger partial charge in [-0.15, -0.1) is 0 Å². The molecule has 0 spiro atoms. The lowest BCUT2D eigenvalue weighted by atomic mass is 9.95. The van der Waals surface area contributed by atoms with Crippen LogP contribution in [0.4, 0.5) is 0 Å². The third-order valence-electron chi connectivity index (χ3n) is 6.95. The molecular weight excluding hydrogens is 366 g/mol. The molecule has 0 aromatic heterocycles. The van der Waals surface area contributed by atoms with Gasteiger partial charge in [-0.05, 0) is 41.5 Å². The fraction of sp³-hybridized carbons (Fsp3) is 0.519. The summed E-state index contributed by atoms with van der Waals surface area (Å²) in [4.78, 5) is 0. The summed E-state index contributed by atoms with van der Waals surface area (Å²) in [6.07, 6.45) is 14.0. The summed E-state index contributed by atoms with van der Waals surface area (Å²) in [5.74, 6) is 0. The van der Waals surface area contributed by atoms with Gasteiger partial charge in [0, 0.05) is 14.5 Å². The van der Waals surface area contributed by atoms with Crippen molar-refractivity contribution in [1.82, 2.24) is 5.32 Å². The molecule has 29 heavy (non-hydrogen) atoms. The molecule has 2 aliphatic rings. The van der Waals surface area contributed by atoms with E-state index < -0.39 is 8.41 Å². The summed E-state index contributed by atoms with van der Waals surface area (Å²) in [6, 6.07) is 19.0. The van der Waals surface area contributed by atoms with Gasteiger partial charge in [0.25, 0.3) is 0 Å². The lowest BCUT2D eigenvalue weighted by Crippen LogP contribution is -2.41. The van der Waals surface area contributed by atoms with Gasteiger partial charge < -0.3 is 5.32 Å². The molecule has 0 heterocycles. The first-order chi connectivity index (χ1) is 14.3. The Hall–Kier alpha value is -1.51. The van der Waals surface area contributed by atoms with Crippen molar-refractivity contribution in [3.63, 3.8) is 0 Å². The van der Waals surface area contributed by atoms with Gasteiger partial charge in [0.1, 0.15) is 0 Å². The fourth-order valence-corrected chi connectivity index (χ4v) is 6.99. The van der Waals surface area contributed by atoms with Crippen molar-refractivity contribution in [1.29, 1.82) is 0 Å². The van der Waals surface area contributed by atoms with Gasteiger partial charge in [-0.1, -0.05) is 112 Å². The zero-order chi connectivity index (χ0) is 20.1. The maximum absolute atomic E-state index is 4.20. The maximum atomic E-state index is 4.20. The summed E-state index contributed by atoms with van der Waals surface area (Å²) in [6.45, 7) is 5.02. The Morgan fingerprint density at radius 1 is 0.690 bits per heavy atom. The van der Waals surface area contributed by atoms with Gasteiger partial charge in [-0.2, -0.15) is 0 Å². The molecule has 1 atom stereocenters. The predicted molar refractivity (Wildman–Crippen MR) is 129 cm³/mol. The Morgan fingerprint density at radius 2 is 1.21 bits per heavy atom. The minimum Gasteiger partial charge on any atom is -0.300 e. The Morgan fingerprint density at radius 3 is 1.79 bits per heavy atom. The fourth-order valence-electron chi connectivity index (χ4n) is 5.39. The van der Waals surface area contributed by atoms with E-state index in [2.05, 4.69) is 66.9 Å². The molecule has 1 fully saturated rings. The molecule has 0 bridgehead atoms. The van der Waals surface area contributed by atoms with Crippen LogP contribution in [0.5, 0.6) is 0 Å². The predicted octanol–water partition coefficient (Wildman–Crippen LogP) is 7.14. The number of nitrogens with one attached hydrogen (secondary N) is 1. The van der Waals surface area contributed by atoms with Crippen LogP contribution in [0, 0.1) is 0 Å². The summed E-state index contributed by atoms with van der Waals surface area (Å²) < 4.78 is 0. The topological polar surface area (TPSA) is 12.0 Å². The SMILES string of the molecule is C[Si](C)=C1CCCCCCCCCCC1NC1c2ccccc2-c2ccccc21. The molecule has 1 saturated carbocycles. The van der Waals surface area contributed by atoms with Crippen LogP contribution in [-0.2, 0) is 0 Å². The molecule has 2 aromatic carbocycles. The van der Waals surface area contributed by atoms with Crippen molar-refractivity contribution in [2.24, 2.45) is 0 Å². The average molecular weight is 404 g/mol. The monoisotopic (exact) mass is 403 g/mol. The summed E-state index contributed by atoms with van der Waals surface area (Å²) >= 11 is 0. The molecule has 0 saturated heterocycles. The number of fused-ring (bicyclic) bond motifs is 3. The number of hydrogen-bond donors (Lipinski definition) is 1. The van der Waals surface area contributed by atoms with Crippen LogP contribution in [0.3, 0.4) is 0 Å². The highest BCUT2D eigenvalue weighted by atomic mass is 28.2. The number of benzene rings is 2. The first-order valence-electron chi connectivity index (χ1n) is 11.9. The molecule has 4 rings (SSSR count). The Balaban J connectivity index is 1.63. The molecule has 1 nitrogen and oxygen atoms in total. The summed E-state index contributed by atoms with van der Waals surface area (Å²) in [5, 5.41) is 6.06. The lowest BCUT2D eigenvalue weighted by molar-refractivity contribution is 0.486. The second-order valence-electron chi connectivity index (χ2n) is 9.22. The van der Waals surface area contributed by atoms with E-state index in [1.54, 1.807) is 0 Å². The van der Waals surface area contributed by atoms with Gasteiger partial charge in [0.05, 0.1) is 6.04 Å². The van der Waals surface area contributed by atoms with Gasteiger partial charge in [0.2, 0.25) is 0 Å². The zero-order valence-corrected chi connectivity index (χ0v) is 19.3. The van der Waals surface area contributed by atoms with Crippen LogP contribution in [0.2, 0.25) is 13.1 Å². The van der Waals surface area contributed by atoms with Gasteiger partial charge in [0.15, 0.2) is 0 Å². The van der Waals surface area contributed by atoms with Crippen molar-refractivity contribution >= 4 is 13.6 Å². The largest absolute Gasteiger partial charge is 0.300 e. The second kappa shape index (κ2) is 10.00. The van der Waals surface area contributed by atoms with Crippen molar-refractivity contribution in [3.05, 3.63) is 59.7 Å². The van der Waals surface area contributed by atoms with Gasteiger partial charge >= 0.3 is 0 Å². The van der Waals surface area contributed by atoms with Gasteiger partial charge in [-0.25, -0.2) is 0 Å². The van der Waals surface area contributed by atoms with Crippen LogP contribution < -0.4 is 5.32 Å². The standard InChI is InChI=1S/C27H37NSi/c1-29(2)26-20-10-8-6-4-3-5-7-9-19-25(26)28-27-23-17-13-11-15-21(23)22-16-12-14-18-24(22)27/h11-18,25,27-28H,3-10,19-20H2,1-2H3. The Kier molecular flexibility index (Phi) is 7.15. The van der Waals surface area contributed by atoms with E-state index in [1.807, 2.05) is 5.17 Å². The average Bonchev–Trinajstić information content (AvgIpc) is 3.04. The Labute approximate surface area is 179 Å². The van der Waals surface area contributed by atoms with E-state index in [-0.39, 0.29) is 0 Å². The number of hydrogen-bond acceptors (Lipinski definition) is 1. The van der Waals surface area contributed by atoms with Gasteiger partial charge in [-0.3, -0.25) is 0 Å². The quantitative estimate of drug-likeness (QED) is 0.525. The molecule has 0 aliphatic heterocycles. The van der Waals surface area contributed by atoms with Crippen molar-refractivity contribution in [2.75, 3.05) is 0 Å². The lowest BCUT2D eigenvalue weighted by Gasteiger charge is -2.29. The molecule has 2 aromatic rings. The smallest absolute Gasteiger partial charge is 0.0593 e. The van der Waals surface area contributed by atoms with E-state index in [0.717, 1.165) is 0 Å². The third kappa shape index (κ3) is 4.81. The van der Waals surface area contributed by atoms with Crippen molar-refractivity contribution in [3.8, 4) is 11.1 Å². The first-order valence-corrected chi connectivity index (χ1v) is 14.4. The number of rotatable bonds is 2. The summed E-state index contributed by atoms with van der Waals surface area (Å²) in [7, 11) is -0.411. The normalized spacial score (nSPS) is 21.0. The molecule has 154 valence electrons. The summed E-state index contributed by atoms with van der Waals surface area (Å²) in [5.41, 5.74) is 5.79. The van der Waals surface area contributed by atoms with Crippen LogP contribution in [-0.4, -0.2) is 19.6 Å². The minimum absolute atomic E-state index is 0.344. The molecule has 1 N–H and O–H groups in total. The molecule has 0 amide bonds. The van der Waals surface area contributed by atoms with Crippen LogP contribution in [0.15, 0.2) is 48.5 Å². The third-order valence-corrected chi connectivity index (χ3v) is 8.84. The maximum Gasteiger partial charge on any atom is 0.0593 e. The van der Waals surface area contributed by atoms with E-state index in [4.69, 9.17) is 0 Å². The van der Waals surface area contributed by atoms with Crippen molar-refractivity contribution in [2.45, 2.75) is 89.4 Å². The highest BCUT2D eigenvalue weighted by Gasteiger charge is 2.30. The van der Waals surface area contributed by atoms with E-state index in [9.17, 15) is 0 Å². The Bertz CT molecular complexity index is 804.